The third-order valence-corrected chi connectivity index (χ3v) is 13.1. The lowest BCUT2D eigenvalue weighted by atomic mass is 9.84. The molecular weight excluding hydrogens is 609 g/mol. The highest BCUT2D eigenvalue weighted by Crippen LogP contribution is 2.59. The van der Waals surface area contributed by atoms with E-state index in [9.17, 15) is 14.9 Å². The number of aromatic nitrogens is 1. The number of ether oxygens (including phenoxy) is 1. The monoisotopic (exact) mass is 647 g/mol. The van der Waals surface area contributed by atoms with Gasteiger partial charge >= 0.3 is 0 Å². The fourth-order valence-corrected chi connectivity index (χ4v) is 10.8. The molecule has 1 atom stereocenters. The first-order valence-electron chi connectivity index (χ1n) is 16.0. The third kappa shape index (κ3) is 5.10. The minimum absolute atomic E-state index is 0.0669. The normalized spacial score (nSPS) is 18.4. The number of allylic oxidation sites excluding steroid dienone is 1. The molecule has 0 aliphatic carbocycles. The molecule has 1 unspecified atom stereocenters. The van der Waals surface area contributed by atoms with Crippen LogP contribution in [-0.4, -0.2) is 53.4 Å². The summed E-state index contributed by atoms with van der Waals surface area (Å²) in [6.07, 6.45) is 0. The molecule has 0 N–H and O–H groups in total. The summed E-state index contributed by atoms with van der Waals surface area (Å²) in [6.45, 7) is 9.73. The number of nitrogens with zero attached hydrogens (tertiary/aromatic N) is 5. The Kier molecular flexibility index (Phi) is 7.87. The van der Waals surface area contributed by atoms with E-state index >= 15 is 0 Å². The zero-order valence-electron chi connectivity index (χ0n) is 27.1. The van der Waals surface area contributed by atoms with Crippen molar-refractivity contribution in [2.45, 2.75) is 32.7 Å². The summed E-state index contributed by atoms with van der Waals surface area (Å²) in [4.78, 5) is 27.5. The van der Waals surface area contributed by atoms with Crippen LogP contribution in [0, 0.1) is 10.1 Å². The van der Waals surface area contributed by atoms with Crippen molar-refractivity contribution in [1.29, 1.82) is 0 Å². The van der Waals surface area contributed by atoms with Crippen molar-refractivity contribution in [3.8, 4) is 0 Å². The van der Waals surface area contributed by atoms with Gasteiger partial charge in [-0.3, -0.25) is 19.6 Å². The lowest BCUT2D eigenvalue weighted by molar-refractivity contribution is -0.384. The molecule has 0 radical (unpaired) electrons. The Morgan fingerprint density at radius 1 is 0.957 bits per heavy atom. The van der Waals surface area contributed by atoms with Crippen LogP contribution in [0.25, 0.3) is 21.8 Å². The number of para-hydroxylation sites is 2. The molecule has 1 amide bonds. The van der Waals surface area contributed by atoms with E-state index in [-0.39, 0.29) is 11.1 Å². The average Bonchev–Trinajstić information content (AvgIpc) is 3.52. The quantitative estimate of drug-likeness (QED) is 0.106. The predicted octanol–water partition coefficient (Wildman–Crippen LogP) is 7.91. The lowest BCUT2D eigenvalue weighted by Gasteiger charge is -2.39. The molecule has 1 fully saturated rings. The topological polar surface area (TPSA) is 93.2 Å². The number of amides is 1. The largest absolute Gasteiger partial charge is 0.379 e. The number of non-ortho nitro benzene ring substituents is 1. The van der Waals surface area contributed by atoms with Crippen LogP contribution in [0.4, 0.5) is 11.4 Å². The SMILES string of the molecule is CCn1c2ccccc2c2cc(P(C=C3N(C)c4ccccc4C3(C)C)(=NC(=O)c3ccc([N+](=O)[O-])cc3)N3CCOCC3)ccc21. The maximum absolute atomic E-state index is 14.3. The van der Waals surface area contributed by atoms with Crippen molar-refractivity contribution in [2.24, 2.45) is 4.74 Å². The number of morpholine rings is 1. The molecule has 0 saturated carbocycles. The maximum atomic E-state index is 14.3. The number of carbonyl (C=O) groups is 1. The maximum Gasteiger partial charge on any atom is 0.277 e. The Hall–Kier alpha value is -4.56. The summed E-state index contributed by atoms with van der Waals surface area (Å²) in [5, 5.41) is 14.6. The minimum Gasteiger partial charge on any atom is -0.379 e. The van der Waals surface area contributed by atoms with Crippen LogP contribution < -0.4 is 10.2 Å². The second-order valence-electron chi connectivity index (χ2n) is 12.6. The van der Waals surface area contributed by atoms with Gasteiger partial charge in [0.2, 0.25) is 0 Å². The van der Waals surface area contributed by atoms with Gasteiger partial charge in [-0.25, -0.2) is 4.74 Å². The Balaban J connectivity index is 1.54. The second-order valence-corrected chi connectivity index (χ2v) is 15.4. The van der Waals surface area contributed by atoms with Gasteiger partial charge in [-0.05, 0) is 60.8 Å². The Labute approximate surface area is 274 Å². The van der Waals surface area contributed by atoms with Crippen molar-refractivity contribution < 1.29 is 14.5 Å². The van der Waals surface area contributed by atoms with Gasteiger partial charge in [0.05, 0.1) is 25.3 Å². The van der Waals surface area contributed by atoms with Crippen LogP contribution >= 0.6 is 7.21 Å². The molecular formula is C37H38N5O4P. The zero-order chi connectivity index (χ0) is 32.9. The molecule has 2 aliphatic heterocycles. The highest BCUT2D eigenvalue weighted by Gasteiger charge is 2.42. The summed E-state index contributed by atoms with van der Waals surface area (Å²) >= 11 is 0. The van der Waals surface area contributed by atoms with Crippen molar-refractivity contribution in [3.63, 3.8) is 0 Å². The number of nitro groups is 1. The van der Waals surface area contributed by atoms with Gasteiger partial charge in [0.25, 0.3) is 11.6 Å². The van der Waals surface area contributed by atoms with Gasteiger partial charge in [0.15, 0.2) is 0 Å². The first kappa shape index (κ1) is 31.1. The van der Waals surface area contributed by atoms with Crippen molar-refractivity contribution in [1.82, 2.24) is 9.24 Å². The van der Waals surface area contributed by atoms with E-state index in [1.807, 2.05) is 0 Å². The summed E-state index contributed by atoms with van der Waals surface area (Å²) in [5.74, 6) is 1.88. The van der Waals surface area contributed by atoms with Gasteiger partial charge in [-0.15, -0.1) is 0 Å². The second kappa shape index (κ2) is 11.9. The van der Waals surface area contributed by atoms with Crippen LogP contribution in [-0.2, 0) is 16.7 Å². The standard InChI is InChI=1S/C37H38N5O4P/c1-5-41-32-12-8-6-10-29(32)30-24-28(18-19-33(30)41)47(40-20-22-46-23-21-40,38-36(43)26-14-16-27(17-15-26)42(44)45)25-35-37(2,3)31-11-7-9-13-34(31)39(35)4/h6-19,24-25H,5,20-23H2,1-4H3. The van der Waals surface area contributed by atoms with Crippen LogP contribution in [0.15, 0.2) is 107 Å². The molecule has 0 bridgehead atoms. The van der Waals surface area contributed by atoms with Crippen LogP contribution in [0.3, 0.4) is 0 Å². The number of hydrogen-bond donors (Lipinski definition) is 0. The molecule has 1 aromatic heterocycles. The van der Waals surface area contributed by atoms with Crippen LogP contribution in [0.1, 0.15) is 36.7 Å². The Bertz CT molecular complexity index is 2130. The molecule has 10 heteroatoms. The van der Waals surface area contributed by atoms with Crippen LogP contribution in [0.2, 0.25) is 0 Å². The third-order valence-electron chi connectivity index (χ3n) is 9.68. The molecule has 1 saturated heterocycles. The molecule has 240 valence electrons. The number of anilines is 1. The summed E-state index contributed by atoms with van der Waals surface area (Å²) in [5.41, 5.74) is 5.63. The number of benzene rings is 4. The Morgan fingerprint density at radius 2 is 1.64 bits per heavy atom. The van der Waals surface area contributed by atoms with Gasteiger partial charge < -0.3 is 14.2 Å². The van der Waals surface area contributed by atoms with E-state index in [2.05, 4.69) is 115 Å². The van der Waals surface area contributed by atoms with E-state index in [4.69, 9.17) is 9.48 Å². The summed E-state index contributed by atoms with van der Waals surface area (Å²) in [6, 6.07) is 29.2. The molecule has 47 heavy (non-hydrogen) atoms. The number of nitro benzene ring substituents is 1. The number of carbonyl (C=O) groups excluding carboxylic acids is 1. The van der Waals surface area contributed by atoms with Crippen molar-refractivity contribution in [3.05, 3.63) is 124 Å². The predicted molar refractivity (Wildman–Crippen MR) is 190 cm³/mol. The zero-order valence-corrected chi connectivity index (χ0v) is 28.0. The number of likely N-dealkylation sites (N-methyl/N-ethyl adjacent to an activating group) is 1. The molecule has 0 spiro atoms. The van der Waals surface area contributed by atoms with Gasteiger partial charge in [-0.2, -0.15) is 0 Å². The number of fused-ring (bicyclic) bond motifs is 4. The van der Waals surface area contributed by atoms with Gasteiger partial charge in [-0.1, -0.05) is 50.2 Å². The minimum atomic E-state index is -2.97. The van der Waals surface area contributed by atoms with E-state index in [0.29, 0.717) is 31.9 Å². The molecule has 3 heterocycles. The highest BCUT2D eigenvalue weighted by atomic mass is 31.2. The fourth-order valence-electron chi connectivity index (χ4n) is 7.24. The molecule has 7 rings (SSSR count). The molecule has 5 aromatic rings. The van der Waals surface area contributed by atoms with Gasteiger partial charge in [0, 0.05) is 88.3 Å². The first-order chi connectivity index (χ1) is 22.7. The average molecular weight is 648 g/mol. The van der Waals surface area contributed by atoms with Gasteiger partial charge in [0.1, 0.15) is 0 Å². The highest BCUT2D eigenvalue weighted by molar-refractivity contribution is 7.75. The van der Waals surface area contributed by atoms with E-state index < -0.39 is 18.0 Å². The molecule has 9 nitrogen and oxygen atoms in total. The molecule has 4 aromatic carbocycles. The van der Waals surface area contributed by atoms with E-state index in [1.165, 1.54) is 35.3 Å². The number of hydrogen-bond acceptors (Lipinski definition) is 5. The van der Waals surface area contributed by atoms with Crippen LogP contribution in [0.5, 0.6) is 0 Å². The first-order valence-corrected chi connectivity index (χ1v) is 17.7. The number of rotatable bonds is 6. The summed E-state index contributed by atoms with van der Waals surface area (Å²) in [7, 11) is -0.884. The van der Waals surface area contributed by atoms with Crippen molar-refractivity contribution >= 4 is 51.6 Å². The molecule has 2 aliphatic rings. The van der Waals surface area contributed by atoms with E-state index in [1.54, 1.807) is 0 Å². The smallest absolute Gasteiger partial charge is 0.277 e. The summed E-state index contributed by atoms with van der Waals surface area (Å²) < 4.78 is 15.8. The van der Waals surface area contributed by atoms with E-state index in [0.717, 1.165) is 39.5 Å². The Morgan fingerprint density at radius 3 is 2.34 bits per heavy atom. The number of aryl methyl sites for hydroxylation is 1. The van der Waals surface area contributed by atoms with Crippen molar-refractivity contribution in [2.75, 3.05) is 38.3 Å². The lowest BCUT2D eigenvalue weighted by Crippen LogP contribution is -2.37. The fraction of sp³-hybridized carbons (Fsp3) is 0.270.